The van der Waals surface area contributed by atoms with Gasteiger partial charge in [0, 0.05) is 46.8 Å². The highest BCUT2D eigenvalue weighted by Crippen LogP contribution is 2.34. The van der Waals surface area contributed by atoms with Gasteiger partial charge >= 0.3 is 0 Å². The molecule has 1 N–H and O–H groups in total. The normalized spacial score (nSPS) is 29.7. The minimum absolute atomic E-state index is 0.0648. The molecule has 112 valence electrons. The highest BCUT2D eigenvalue weighted by Gasteiger charge is 2.40. The van der Waals surface area contributed by atoms with Crippen molar-refractivity contribution in [2.75, 3.05) is 34.0 Å². The third-order valence-corrected chi connectivity index (χ3v) is 4.26. The van der Waals surface area contributed by atoms with E-state index in [0.717, 1.165) is 25.8 Å². The number of hydrogen-bond donors (Lipinski definition) is 1. The van der Waals surface area contributed by atoms with Crippen LogP contribution in [0.4, 0.5) is 0 Å². The van der Waals surface area contributed by atoms with Crippen molar-refractivity contribution in [3.8, 4) is 0 Å². The second-order valence-corrected chi connectivity index (χ2v) is 5.32. The number of methoxy groups -OCH3 is 2. The van der Waals surface area contributed by atoms with Crippen LogP contribution in [0.1, 0.15) is 37.0 Å². The third kappa shape index (κ3) is 2.46. The van der Waals surface area contributed by atoms with Crippen LogP contribution in [0.5, 0.6) is 0 Å². The predicted octanol–water partition coefficient (Wildman–Crippen LogP) is 0.771. The van der Waals surface area contributed by atoms with Crippen LogP contribution < -0.4 is 5.32 Å². The predicted molar refractivity (Wildman–Crippen MR) is 69.2 cm³/mol. The molecule has 20 heavy (non-hydrogen) atoms. The Morgan fingerprint density at radius 2 is 2.10 bits per heavy atom. The Balaban J connectivity index is 1.76. The van der Waals surface area contributed by atoms with Gasteiger partial charge in [0.2, 0.25) is 11.7 Å². The van der Waals surface area contributed by atoms with Gasteiger partial charge in [0.05, 0.1) is 12.1 Å². The Kier molecular flexibility index (Phi) is 4.02. The first-order chi connectivity index (χ1) is 9.77. The van der Waals surface area contributed by atoms with E-state index >= 15 is 0 Å². The molecular weight excluding hydrogens is 262 g/mol. The number of hydrogen-bond acceptors (Lipinski definition) is 7. The summed E-state index contributed by atoms with van der Waals surface area (Å²) in [6, 6.07) is 0.0648. The molecule has 7 heteroatoms. The van der Waals surface area contributed by atoms with Gasteiger partial charge in [-0.25, -0.2) is 0 Å². The van der Waals surface area contributed by atoms with Crippen LogP contribution in [0.25, 0.3) is 0 Å². The average molecular weight is 283 g/mol. The fourth-order valence-corrected chi connectivity index (χ4v) is 2.85. The van der Waals surface area contributed by atoms with Gasteiger partial charge in [0.1, 0.15) is 5.60 Å². The molecule has 1 aromatic heterocycles. The Labute approximate surface area is 118 Å². The SMILES string of the molecule is COC1CNC(c2nc(C3(OC)CCOCC3)no2)C1. The van der Waals surface area contributed by atoms with Crippen molar-refractivity contribution in [1.29, 1.82) is 0 Å². The van der Waals surface area contributed by atoms with Crippen LogP contribution >= 0.6 is 0 Å². The summed E-state index contributed by atoms with van der Waals surface area (Å²) in [6.45, 7) is 2.12. The van der Waals surface area contributed by atoms with Gasteiger partial charge in [0.25, 0.3) is 0 Å². The molecule has 2 fully saturated rings. The Hall–Kier alpha value is -1.02. The molecule has 2 atom stereocenters. The lowest BCUT2D eigenvalue weighted by Crippen LogP contribution is -2.36. The minimum Gasteiger partial charge on any atom is -0.381 e. The van der Waals surface area contributed by atoms with Crippen LogP contribution in [-0.4, -0.2) is 50.2 Å². The summed E-state index contributed by atoms with van der Waals surface area (Å²) in [5, 5.41) is 7.46. The van der Waals surface area contributed by atoms with Gasteiger partial charge in [-0.05, 0) is 6.42 Å². The number of rotatable bonds is 4. The first kappa shape index (κ1) is 13.9. The topological polar surface area (TPSA) is 78.6 Å². The first-order valence-corrected chi connectivity index (χ1v) is 7.00. The molecule has 2 aliphatic heterocycles. The second-order valence-electron chi connectivity index (χ2n) is 5.32. The van der Waals surface area contributed by atoms with E-state index in [0.29, 0.717) is 24.9 Å². The lowest BCUT2D eigenvalue weighted by atomic mass is 9.93. The average Bonchev–Trinajstić information content (AvgIpc) is 3.16. The minimum atomic E-state index is -0.473. The number of ether oxygens (including phenoxy) is 3. The highest BCUT2D eigenvalue weighted by atomic mass is 16.5. The molecule has 7 nitrogen and oxygen atoms in total. The first-order valence-electron chi connectivity index (χ1n) is 7.00. The largest absolute Gasteiger partial charge is 0.381 e. The molecule has 3 heterocycles. The van der Waals surface area contributed by atoms with E-state index in [4.69, 9.17) is 18.7 Å². The van der Waals surface area contributed by atoms with Crippen molar-refractivity contribution in [3.05, 3.63) is 11.7 Å². The van der Waals surface area contributed by atoms with Crippen molar-refractivity contribution in [2.24, 2.45) is 0 Å². The molecule has 0 saturated carbocycles. The van der Waals surface area contributed by atoms with E-state index in [9.17, 15) is 0 Å². The molecule has 0 aliphatic carbocycles. The molecule has 0 spiro atoms. The Morgan fingerprint density at radius 3 is 2.75 bits per heavy atom. The van der Waals surface area contributed by atoms with Crippen LogP contribution in [0.15, 0.2) is 4.52 Å². The third-order valence-electron chi connectivity index (χ3n) is 4.26. The van der Waals surface area contributed by atoms with Gasteiger partial charge in [-0.1, -0.05) is 5.16 Å². The van der Waals surface area contributed by atoms with Crippen molar-refractivity contribution >= 4 is 0 Å². The lowest BCUT2D eigenvalue weighted by molar-refractivity contribution is -0.101. The molecular formula is C13H21N3O4. The van der Waals surface area contributed by atoms with Gasteiger partial charge in [0.15, 0.2) is 0 Å². The van der Waals surface area contributed by atoms with E-state index in [1.165, 1.54) is 0 Å². The smallest absolute Gasteiger partial charge is 0.243 e. The van der Waals surface area contributed by atoms with Gasteiger partial charge in [-0.15, -0.1) is 0 Å². The van der Waals surface area contributed by atoms with E-state index in [1.54, 1.807) is 14.2 Å². The van der Waals surface area contributed by atoms with E-state index < -0.39 is 5.60 Å². The zero-order valence-corrected chi connectivity index (χ0v) is 11.9. The van der Waals surface area contributed by atoms with E-state index in [2.05, 4.69) is 15.5 Å². The molecule has 2 unspecified atom stereocenters. The Morgan fingerprint density at radius 1 is 1.30 bits per heavy atom. The number of nitrogens with one attached hydrogen (secondary N) is 1. The van der Waals surface area contributed by atoms with Gasteiger partial charge in [-0.2, -0.15) is 4.98 Å². The fourth-order valence-electron chi connectivity index (χ4n) is 2.85. The molecule has 0 radical (unpaired) electrons. The monoisotopic (exact) mass is 283 g/mol. The van der Waals surface area contributed by atoms with Crippen molar-refractivity contribution < 1.29 is 18.7 Å². The van der Waals surface area contributed by atoms with Crippen LogP contribution in [0.2, 0.25) is 0 Å². The standard InChI is InChI=1S/C13H21N3O4/c1-17-9-7-10(14-8-9)11-15-12(16-20-11)13(18-2)3-5-19-6-4-13/h9-10,14H,3-8H2,1-2H3. The lowest BCUT2D eigenvalue weighted by Gasteiger charge is -2.32. The van der Waals surface area contributed by atoms with Crippen LogP contribution in [0.3, 0.4) is 0 Å². The summed E-state index contributed by atoms with van der Waals surface area (Å²) >= 11 is 0. The summed E-state index contributed by atoms with van der Waals surface area (Å²) in [5.74, 6) is 1.24. The van der Waals surface area contributed by atoms with Crippen molar-refractivity contribution in [1.82, 2.24) is 15.5 Å². The van der Waals surface area contributed by atoms with E-state index in [1.807, 2.05) is 0 Å². The van der Waals surface area contributed by atoms with Crippen molar-refractivity contribution in [2.45, 2.75) is 37.0 Å². The Bertz CT molecular complexity index is 445. The maximum atomic E-state index is 5.67. The zero-order chi connectivity index (χ0) is 14.0. The second kappa shape index (κ2) is 5.77. The molecule has 2 aliphatic rings. The molecule has 0 amide bonds. The zero-order valence-electron chi connectivity index (χ0n) is 11.9. The number of nitrogens with zero attached hydrogens (tertiary/aromatic N) is 2. The van der Waals surface area contributed by atoms with Crippen LogP contribution in [-0.2, 0) is 19.8 Å². The summed E-state index contributed by atoms with van der Waals surface area (Å²) < 4.78 is 21.8. The maximum absolute atomic E-state index is 5.67. The summed E-state index contributed by atoms with van der Waals surface area (Å²) in [4.78, 5) is 4.55. The summed E-state index contributed by atoms with van der Waals surface area (Å²) in [5.41, 5.74) is -0.473. The van der Waals surface area contributed by atoms with Crippen molar-refractivity contribution in [3.63, 3.8) is 0 Å². The molecule has 3 rings (SSSR count). The quantitative estimate of drug-likeness (QED) is 0.874. The molecule has 2 saturated heterocycles. The van der Waals surface area contributed by atoms with Gasteiger partial charge < -0.3 is 24.1 Å². The molecule has 1 aromatic rings. The van der Waals surface area contributed by atoms with E-state index in [-0.39, 0.29) is 12.1 Å². The summed E-state index contributed by atoms with van der Waals surface area (Å²) in [6.07, 6.45) is 2.55. The molecule has 0 bridgehead atoms. The number of aromatic nitrogens is 2. The highest BCUT2D eigenvalue weighted by molar-refractivity contribution is 5.06. The van der Waals surface area contributed by atoms with Gasteiger partial charge in [-0.3, -0.25) is 0 Å². The van der Waals surface area contributed by atoms with Crippen LogP contribution in [0, 0.1) is 0 Å². The summed E-state index contributed by atoms with van der Waals surface area (Å²) in [7, 11) is 3.41. The molecule has 0 aromatic carbocycles. The fraction of sp³-hybridized carbons (Fsp3) is 0.846. The maximum Gasteiger partial charge on any atom is 0.243 e.